The van der Waals surface area contributed by atoms with Crippen LogP contribution in [0.4, 0.5) is 8.78 Å². The Balaban J connectivity index is 2.43. The number of halogens is 3. The number of alkyl halides is 1. The third-order valence-electron chi connectivity index (χ3n) is 2.61. The summed E-state index contributed by atoms with van der Waals surface area (Å²) >= 11 is 6.04. The second-order valence-electron chi connectivity index (χ2n) is 4.94. The van der Waals surface area contributed by atoms with Crippen LogP contribution in [0.2, 0.25) is 0 Å². The summed E-state index contributed by atoms with van der Waals surface area (Å²) in [5, 5.41) is 2.51. The summed E-state index contributed by atoms with van der Waals surface area (Å²) in [6, 6.07) is 3.18. The zero-order valence-electron chi connectivity index (χ0n) is 11.1. The lowest BCUT2D eigenvalue weighted by atomic mass is 10.1. The van der Waals surface area contributed by atoms with E-state index in [0.29, 0.717) is 12.5 Å². The first kappa shape index (κ1) is 15.9. The largest absolute Gasteiger partial charge is 0.354 e. The van der Waals surface area contributed by atoms with Crippen molar-refractivity contribution >= 4 is 17.5 Å². The van der Waals surface area contributed by atoms with E-state index >= 15 is 0 Å². The standard InChI is InChI=1S/C14H18ClF2NO/c1-9(2)5-11(15)8-18-14(19)6-10-3-4-12(16)7-13(10)17/h3-4,7,9,11H,5-6,8H2,1-2H3,(H,18,19). The summed E-state index contributed by atoms with van der Waals surface area (Å²) in [6.45, 7) is 4.44. The lowest BCUT2D eigenvalue weighted by Gasteiger charge is -2.13. The van der Waals surface area contributed by atoms with E-state index in [1.807, 2.05) is 13.8 Å². The highest BCUT2D eigenvalue weighted by atomic mass is 35.5. The van der Waals surface area contributed by atoms with Crippen molar-refractivity contribution in [3.63, 3.8) is 0 Å². The van der Waals surface area contributed by atoms with Gasteiger partial charge in [0.1, 0.15) is 11.6 Å². The molecule has 2 nitrogen and oxygen atoms in total. The first-order valence-electron chi connectivity index (χ1n) is 6.23. The van der Waals surface area contributed by atoms with Crippen molar-refractivity contribution < 1.29 is 13.6 Å². The fraction of sp³-hybridized carbons (Fsp3) is 0.500. The molecule has 0 spiro atoms. The van der Waals surface area contributed by atoms with Crippen LogP contribution < -0.4 is 5.32 Å². The molecule has 0 aliphatic rings. The Labute approximate surface area is 117 Å². The van der Waals surface area contributed by atoms with Crippen LogP contribution in [0.15, 0.2) is 18.2 Å². The number of rotatable bonds is 6. The van der Waals surface area contributed by atoms with Gasteiger partial charge in [0.25, 0.3) is 0 Å². The normalized spacial score (nSPS) is 12.5. The molecule has 1 atom stereocenters. The summed E-state index contributed by atoms with van der Waals surface area (Å²) in [5.74, 6) is -1.23. The van der Waals surface area contributed by atoms with E-state index in [9.17, 15) is 13.6 Å². The maximum absolute atomic E-state index is 13.3. The van der Waals surface area contributed by atoms with Gasteiger partial charge in [-0.2, -0.15) is 0 Å². The number of hydrogen-bond donors (Lipinski definition) is 1. The van der Waals surface area contributed by atoms with Crippen LogP contribution in [-0.2, 0) is 11.2 Å². The highest BCUT2D eigenvalue weighted by molar-refractivity contribution is 6.20. The molecule has 0 fully saturated rings. The minimum Gasteiger partial charge on any atom is -0.354 e. The number of nitrogens with one attached hydrogen (secondary N) is 1. The average molecular weight is 290 g/mol. The monoisotopic (exact) mass is 289 g/mol. The lowest BCUT2D eigenvalue weighted by molar-refractivity contribution is -0.120. The molecule has 1 N–H and O–H groups in total. The van der Waals surface area contributed by atoms with Crippen molar-refractivity contribution in [2.24, 2.45) is 5.92 Å². The van der Waals surface area contributed by atoms with E-state index < -0.39 is 11.6 Å². The molecule has 0 aliphatic carbocycles. The minimum absolute atomic E-state index is 0.114. The van der Waals surface area contributed by atoms with Crippen LogP contribution in [0.1, 0.15) is 25.8 Å². The predicted octanol–water partition coefficient (Wildman–Crippen LogP) is 3.28. The van der Waals surface area contributed by atoms with Crippen LogP contribution >= 0.6 is 11.6 Å². The molecule has 1 unspecified atom stereocenters. The lowest BCUT2D eigenvalue weighted by Crippen LogP contribution is -2.31. The molecule has 0 aromatic heterocycles. The number of amides is 1. The molecule has 0 radical (unpaired) electrons. The molecule has 1 aromatic carbocycles. The summed E-state index contributed by atoms with van der Waals surface area (Å²) in [7, 11) is 0. The van der Waals surface area contributed by atoms with Gasteiger partial charge in [-0.25, -0.2) is 8.78 Å². The van der Waals surface area contributed by atoms with Gasteiger partial charge in [-0.15, -0.1) is 11.6 Å². The number of carbonyl (C=O) groups excluding carboxylic acids is 1. The van der Waals surface area contributed by atoms with Crippen molar-refractivity contribution in [1.29, 1.82) is 0 Å². The Morgan fingerprint density at radius 1 is 1.37 bits per heavy atom. The van der Waals surface area contributed by atoms with Crippen molar-refractivity contribution in [2.75, 3.05) is 6.54 Å². The zero-order valence-corrected chi connectivity index (χ0v) is 11.8. The highest BCUT2D eigenvalue weighted by Gasteiger charge is 2.12. The predicted molar refractivity (Wildman–Crippen MR) is 72.2 cm³/mol. The van der Waals surface area contributed by atoms with Crippen LogP contribution in [0.25, 0.3) is 0 Å². The second-order valence-corrected chi connectivity index (χ2v) is 5.56. The van der Waals surface area contributed by atoms with Gasteiger partial charge in [0.15, 0.2) is 0 Å². The summed E-state index contributed by atoms with van der Waals surface area (Å²) in [5.41, 5.74) is 0.175. The van der Waals surface area contributed by atoms with Crippen LogP contribution in [-0.4, -0.2) is 17.8 Å². The molecule has 0 saturated carbocycles. The van der Waals surface area contributed by atoms with Gasteiger partial charge >= 0.3 is 0 Å². The van der Waals surface area contributed by atoms with Gasteiger partial charge in [0.2, 0.25) is 5.91 Å². The van der Waals surface area contributed by atoms with Gasteiger partial charge < -0.3 is 5.32 Å². The highest BCUT2D eigenvalue weighted by Crippen LogP contribution is 2.11. The van der Waals surface area contributed by atoms with E-state index in [2.05, 4.69) is 5.32 Å². The molecule has 0 aliphatic heterocycles. The van der Waals surface area contributed by atoms with E-state index in [1.54, 1.807) is 0 Å². The molecule has 5 heteroatoms. The number of hydrogen-bond acceptors (Lipinski definition) is 1. The quantitative estimate of drug-likeness (QED) is 0.800. The first-order chi connectivity index (χ1) is 8.88. The summed E-state index contributed by atoms with van der Waals surface area (Å²) in [4.78, 5) is 11.6. The Bertz CT molecular complexity index is 437. The fourth-order valence-corrected chi connectivity index (χ4v) is 2.15. The minimum atomic E-state index is -0.709. The van der Waals surface area contributed by atoms with E-state index in [0.717, 1.165) is 18.6 Å². The second kappa shape index (κ2) is 7.43. The first-order valence-corrected chi connectivity index (χ1v) is 6.66. The Morgan fingerprint density at radius 3 is 2.63 bits per heavy atom. The third-order valence-corrected chi connectivity index (χ3v) is 2.95. The van der Waals surface area contributed by atoms with E-state index in [-0.39, 0.29) is 23.3 Å². The number of carbonyl (C=O) groups is 1. The van der Waals surface area contributed by atoms with Crippen molar-refractivity contribution in [3.8, 4) is 0 Å². The topological polar surface area (TPSA) is 29.1 Å². The Morgan fingerprint density at radius 2 is 2.05 bits per heavy atom. The Kier molecular flexibility index (Phi) is 6.22. The van der Waals surface area contributed by atoms with Crippen LogP contribution in [0.3, 0.4) is 0 Å². The zero-order chi connectivity index (χ0) is 14.4. The van der Waals surface area contributed by atoms with Crippen LogP contribution in [0, 0.1) is 17.6 Å². The Hall–Kier alpha value is -1.16. The molecular weight excluding hydrogens is 272 g/mol. The van der Waals surface area contributed by atoms with Gasteiger partial charge in [-0.1, -0.05) is 19.9 Å². The summed E-state index contributed by atoms with van der Waals surface area (Å²) < 4.78 is 26.0. The molecule has 0 bridgehead atoms. The average Bonchev–Trinajstić information content (AvgIpc) is 2.29. The van der Waals surface area contributed by atoms with Crippen molar-refractivity contribution in [2.45, 2.75) is 32.1 Å². The molecule has 1 amide bonds. The van der Waals surface area contributed by atoms with Gasteiger partial charge in [0.05, 0.1) is 11.8 Å². The van der Waals surface area contributed by atoms with Gasteiger partial charge in [0, 0.05) is 12.6 Å². The maximum atomic E-state index is 13.3. The number of benzene rings is 1. The van der Waals surface area contributed by atoms with Crippen molar-refractivity contribution in [1.82, 2.24) is 5.32 Å². The SMILES string of the molecule is CC(C)CC(Cl)CNC(=O)Cc1ccc(F)cc1F. The molecule has 0 heterocycles. The molecule has 1 rings (SSSR count). The van der Waals surface area contributed by atoms with Gasteiger partial charge in [-0.05, 0) is 24.0 Å². The molecular formula is C14H18ClF2NO. The maximum Gasteiger partial charge on any atom is 0.224 e. The van der Waals surface area contributed by atoms with Crippen LogP contribution in [0.5, 0.6) is 0 Å². The summed E-state index contributed by atoms with van der Waals surface area (Å²) in [6.07, 6.45) is 0.685. The van der Waals surface area contributed by atoms with E-state index in [4.69, 9.17) is 11.6 Å². The van der Waals surface area contributed by atoms with Crippen molar-refractivity contribution in [3.05, 3.63) is 35.4 Å². The molecule has 1 aromatic rings. The molecule has 19 heavy (non-hydrogen) atoms. The smallest absolute Gasteiger partial charge is 0.224 e. The van der Waals surface area contributed by atoms with E-state index in [1.165, 1.54) is 6.07 Å². The van der Waals surface area contributed by atoms with Gasteiger partial charge in [-0.3, -0.25) is 4.79 Å². The third kappa shape index (κ3) is 6.01. The fourth-order valence-electron chi connectivity index (χ4n) is 1.72. The molecule has 106 valence electrons. The molecule has 0 saturated heterocycles.